The molecule has 0 aromatic carbocycles. The number of hydrogen-bond acceptors (Lipinski definition) is 6. The molecular formula is C10H16N4O2S. The van der Waals surface area contributed by atoms with E-state index in [1.54, 1.807) is 7.11 Å². The molecule has 6 nitrogen and oxygen atoms in total. The number of nitrogens with two attached hydrogens (primary N) is 1. The van der Waals surface area contributed by atoms with Crippen molar-refractivity contribution in [2.24, 2.45) is 0 Å². The highest BCUT2D eigenvalue weighted by Crippen LogP contribution is 2.28. The lowest BCUT2D eigenvalue weighted by molar-refractivity contribution is -0.122. The molecule has 0 aliphatic carbocycles. The van der Waals surface area contributed by atoms with Crippen LogP contribution in [-0.4, -0.2) is 42.6 Å². The molecule has 0 fully saturated rings. The summed E-state index contributed by atoms with van der Waals surface area (Å²) in [4.78, 5) is 19.0. The molecule has 17 heavy (non-hydrogen) atoms. The van der Waals surface area contributed by atoms with Crippen LogP contribution in [0.1, 0.15) is 10.6 Å². The summed E-state index contributed by atoms with van der Waals surface area (Å²) < 4.78 is 4.86. The van der Waals surface area contributed by atoms with Crippen molar-refractivity contribution >= 4 is 22.4 Å². The molecule has 0 saturated carbocycles. The Kier molecular flexibility index (Phi) is 3.93. The van der Waals surface area contributed by atoms with Crippen LogP contribution in [0.2, 0.25) is 0 Å². The summed E-state index contributed by atoms with van der Waals surface area (Å²) in [6.07, 6.45) is 0. The van der Waals surface area contributed by atoms with E-state index in [0.717, 1.165) is 12.2 Å². The SMILES string of the molecule is COCCNC(=O)CN1Cc2nc(N)sc2C1. The first kappa shape index (κ1) is 12.3. The number of hydrogen-bond donors (Lipinski definition) is 2. The number of carbonyl (C=O) groups excluding carboxylic acids is 1. The van der Waals surface area contributed by atoms with Gasteiger partial charge in [0.2, 0.25) is 5.91 Å². The zero-order valence-electron chi connectivity index (χ0n) is 9.73. The second kappa shape index (κ2) is 5.44. The van der Waals surface area contributed by atoms with Crippen molar-refractivity contribution in [1.29, 1.82) is 0 Å². The number of fused-ring (bicyclic) bond motifs is 1. The van der Waals surface area contributed by atoms with Crippen LogP contribution in [0.15, 0.2) is 0 Å². The van der Waals surface area contributed by atoms with Crippen LogP contribution in [0.25, 0.3) is 0 Å². The Balaban J connectivity index is 1.75. The van der Waals surface area contributed by atoms with Crippen LogP contribution >= 0.6 is 11.3 Å². The normalized spacial score (nSPS) is 14.9. The predicted molar refractivity (Wildman–Crippen MR) is 65.5 cm³/mol. The van der Waals surface area contributed by atoms with E-state index in [4.69, 9.17) is 10.5 Å². The van der Waals surface area contributed by atoms with Crippen molar-refractivity contribution in [1.82, 2.24) is 15.2 Å². The van der Waals surface area contributed by atoms with Crippen molar-refractivity contribution < 1.29 is 9.53 Å². The first-order valence-corrected chi connectivity index (χ1v) is 6.22. The van der Waals surface area contributed by atoms with Gasteiger partial charge in [0.1, 0.15) is 0 Å². The number of rotatable bonds is 5. The van der Waals surface area contributed by atoms with Gasteiger partial charge in [-0.3, -0.25) is 9.69 Å². The van der Waals surface area contributed by atoms with Gasteiger partial charge in [-0.05, 0) is 0 Å². The molecule has 1 aromatic rings. The molecule has 1 aromatic heterocycles. The van der Waals surface area contributed by atoms with E-state index in [0.29, 0.717) is 31.4 Å². The predicted octanol–water partition coefficient (Wildman–Crippen LogP) is -0.196. The van der Waals surface area contributed by atoms with Crippen LogP contribution in [0.4, 0.5) is 5.13 Å². The summed E-state index contributed by atoms with van der Waals surface area (Å²) in [6.45, 7) is 2.96. The molecule has 0 atom stereocenters. The number of thiazole rings is 1. The highest BCUT2D eigenvalue weighted by molar-refractivity contribution is 7.15. The van der Waals surface area contributed by atoms with Crippen LogP contribution in [-0.2, 0) is 22.6 Å². The lowest BCUT2D eigenvalue weighted by Crippen LogP contribution is -2.36. The van der Waals surface area contributed by atoms with E-state index < -0.39 is 0 Å². The fourth-order valence-corrected chi connectivity index (χ4v) is 2.67. The van der Waals surface area contributed by atoms with E-state index in [2.05, 4.69) is 15.2 Å². The number of aromatic nitrogens is 1. The van der Waals surface area contributed by atoms with Gasteiger partial charge >= 0.3 is 0 Å². The van der Waals surface area contributed by atoms with E-state index in [-0.39, 0.29) is 5.91 Å². The number of amides is 1. The van der Waals surface area contributed by atoms with Crippen LogP contribution in [0.5, 0.6) is 0 Å². The fourth-order valence-electron chi connectivity index (χ4n) is 1.78. The molecule has 1 aliphatic rings. The highest BCUT2D eigenvalue weighted by Gasteiger charge is 2.24. The van der Waals surface area contributed by atoms with Crippen molar-refractivity contribution in [3.8, 4) is 0 Å². The van der Waals surface area contributed by atoms with Gasteiger partial charge in [-0.2, -0.15) is 0 Å². The van der Waals surface area contributed by atoms with E-state index >= 15 is 0 Å². The number of carbonyl (C=O) groups is 1. The molecule has 0 saturated heterocycles. The average Bonchev–Trinajstić information content (AvgIpc) is 2.74. The molecular weight excluding hydrogens is 240 g/mol. The van der Waals surface area contributed by atoms with E-state index in [9.17, 15) is 4.79 Å². The zero-order valence-corrected chi connectivity index (χ0v) is 10.5. The van der Waals surface area contributed by atoms with Crippen molar-refractivity contribution in [3.05, 3.63) is 10.6 Å². The van der Waals surface area contributed by atoms with Crippen LogP contribution in [0, 0.1) is 0 Å². The minimum atomic E-state index is 0.0187. The molecule has 94 valence electrons. The Labute approximate surface area is 104 Å². The van der Waals surface area contributed by atoms with Crippen LogP contribution in [0.3, 0.4) is 0 Å². The molecule has 0 unspecified atom stereocenters. The molecule has 0 radical (unpaired) electrons. The monoisotopic (exact) mass is 256 g/mol. The second-order valence-corrected chi connectivity index (χ2v) is 5.03. The number of methoxy groups -OCH3 is 1. The second-order valence-electron chi connectivity index (χ2n) is 3.91. The Hall–Kier alpha value is -1.18. The third-order valence-electron chi connectivity index (χ3n) is 2.53. The van der Waals surface area contributed by atoms with Gasteiger partial charge in [-0.15, -0.1) is 11.3 Å². The minimum Gasteiger partial charge on any atom is -0.383 e. The molecule has 2 rings (SSSR count). The van der Waals surface area contributed by atoms with Crippen molar-refractivity contribution in [2.45, 2.75) is 13.1 Å². The van der Waals surface area contributed by atoms with Crippen molar-refractivity contribution in [3.63, 3.8) is 0 Å². The van der Waals surface area contributed by atoms with Gasteiger partial charge < -0.3 is 15.8 Å². The third-order valence-corrected chi connectivity index (χ3v) is 3.44. The largest absolute Gasteiger partial charge is 0.383 e. The summed E-state index contributed by atoms with van der Waals surface area (Å²) in [5.41, 5.74) is 6.62. The quantitative estimate of drug-likeness (QED) is 0.713. The smallest absolute Gasteiger partial charge is 0.234 e. The molecule has 1 amide bonds. The lowest BCUT2D eigenvalue weighted by Gasteiger charge is -2.14. The molecule has 3 N–H and O–H groups in total. The first-order chi connectivity index (χ1) is 8.19. The van der Waals surface area contributed by atoms with Gasteiger partial charge in [0.25, 0.3) is 0 Å². The first-order valence-electron chi connectivity index (χ1n) is 5.41. The number of nitrogens with zero attached hydrogens (tertiary/aromatic N) is 2. The number of anilines is 1. The Morgan fingerprint density at radius 2 is 2.47 bits per heavy atom. The summed E-state index contributed by atoms with van der Waals surface area (Å²) >= 11 is 1.50. The average molecular weight is 256 g/mol. The standard InChI is InChI=1S/C10H16N4O2S/c1-16-3-2-12-9(15)6-14-4-7-8(5-14)17-10(11)13-7/h2-6H2,1H3,(H2,11,13)(H,12,15). The number of nitrogen functional groups attached to an aromatic ring is 1. The summed E-state index contributed by atoms with van der Waals surface area (Å²) in [7, 11) is 1.61. The maximum absolute atomic E-state index is 11.6. The Morgan fingerprint density at radius 1 is 1.65 bits per heavy atom. The zero-order chi connectivity index (χ0) is 12.3. The van der Waals surface area contributed by atoms with E-state index in [1.807, 2.05) is 0 Å². The Bertz CT molecular complexity index is 384. The van der Waals surface area contributed by atoms with Gasteiger partial charge in [0, 0.05) is 31.6 Å². The highest BCUT2D eigenvalue weighted by atomic mass is 32.1. The molecule has 7 heteroatoms. The summed E-state index contributed by atoms with van der Waals surface area (Å²) in [5.74, 6) is 0.0187. The number of ether oxygens (including phenoxy) is 1. The maximum atomic E-state index is 11.6. The third kappa shape index (κ3) is 3.15. The van der Waals surface area contributed by atoms with Gasteiger partial charge in [-0.25, -0.2) is 4.98 Å². The van der Waals surface area contributed by atoms with Crippen LogP contribution < -0.4 is 11.1 Å². The van der Waals surface area contributed by atoms with Gasteiger partial charge in [0.05, 0.1) is 18.8 Å². The minimum absolute atomic E-state index is 0.0187. The topological polar surface area (TPSA) is 80.5 Å². The number of nitrogens with one attached hydrogen (secondary N) is 1. The summed E-state index contributed by atoms with van der Waals surface area (Å²) in [6, 6.07) is 0. The molecule has 1 aliphatic heterocycles. The maximum Gasteiger partial charge on any atom is 0.234 e. The Morgan fingerprint density at radius 3 is 3.18 bits per heavy atom. The fraction of sp³-hybridized carbons (Fsp3) is 0.600. The van der Waals surface area contributed by atoms with Gasteiger partial charge in [-0.1, -0.05) is 0 Å². The molecule has 2 heterocycles. The lowest BCUT2D eigenvalue weighted by atomic mass is 10.4. The molecule has 0 spiro atoms. The molecule has 0 bridgehead atoms. The van der Waals surface area contributed by atoms with E-state index in [1.165, 1.54) is 16.2 Å². The van der Waals surface area contributed by atoms with Crippen molar-refractivity contribution in [2.75, 3.05) is 32.5 Å². The van der Waals surface area contributed by atoms with Gasteiger partial charge in [0.15, 0.2) is 5.13 Å². The summed E-state index contributed by atoms with van der Waals surface area (Å²) in [5, 5.41) is 3.40.